The summed E-state index contributed by atoms with van der Waals surface area (Å²) in [5.74, 6) is 2.18. The van der Waals surface area contributed by atoms with E-state index in [9.17, 15) is 9.90 Å². The van der Waals surface area contributed by atoms with Gasteiger partial charge in [0.05, 0.1) is 12.1 Å². The molecule has 6 heteroatoms. The number of thioether (sulfide) groups is 1. The summed E-state index contributed by atoms with van der Waals surface area (Å²) >= 11 is 1.45. The third-order valence-electron chi connectivity index (χ3n) is 4.95. The molecule has 0 saturated heterocycles. The van der Waals surface area contributed by atoms with Crippen LogP contribution in [0.5, 0.6) is 0 Å². The van der Waals surface area contributed by atoms with Gasteiger partial charge in [-0.3, -0.25) is 4.79 Å². The molecule has 1 N–H and O–H groups in total. The second-order valence-electron chi connectivity index (χ2n) is 7.14. The standard InChI is InChI=1S/C24H23NO4S/c1-3-30-22(24(26)27)12-16-9-10-21-18(11-16)13-19(29-21)14-20-15(2)28-23(25-20)17-7-5-4-6-8-17/h4-11,13,22H,3,12,14H2,1-2H3,(H,26,27). The summed E-state index contributed by atoms with van der Waals surface area (Å²) in [6.45, 7) is 3.88. The zero-order valence-electron chi connectivity index (χ0n) is 16.9. The normalized spacial score (nSPS) is 12.3. The molecule has 4 rings (SSSR count). The Morgan fingerprint density at radius 2 is 1.93 bits per heavy atom. The largest absolute Gasteiger partial charge is 0.480 e. The van der Waals surface area contributed by atoms with E-state index in [1.165, 1.54) is 11.8 Å². The number of hydrogen-bond donors (Lipinski definition) is 1. The van der Waals surface area contributed by atoms with Crippen LogP contribution in [0.3, 0.4) is 0 Å². The number of aliphatic carboxylic acids is 1. The maximum absolute atomic E-state index is 11.4. The van der Waals surface area contributed by atoms with Gasteiger partial charge in [-0.1, -0.05) is 31.2 Å². The van der Waals surface area contributed by atoms with Crippen molar-refractivity contribution in [3.05, 3.63) is 77.4 Å². The first-order valence-electron chi connectivity index (χ1n) is 9.91. The predicted octanol–water partition coefficient (Wildman–Crippen LogP) is 5.74. The van der Waals surface area contributed by atoms with E-state index < -0.39 is 11.2 Å². The Labute approximate surface area is 179 Å². The molecule has 2 aromatic carbocycles. The number of furan rings is 1. The van der Waals surface area contributed by atoms with E-state index in [0.717, 1.165) is 45.1 Å². The average Bonchev–Trinajstić information content (AvgIpc) is 3.31. The number of hydrogen-bond acceptors (Lipinski definition) is 5. The molecule has 0 aliphatic heterocycles. The maximum Gasteiger partial charge on any atom is 0.316 e. The van der Waals surface area contributed by atoms with Crippen LogP contribution in [0, 0.1) is 6.92 Å². The number of fused-ring (bicyclic) bond motifs is 1. The van der Waals surface area contributed by atoms with Crippen molar-refractivity contribution in [2.24, 2.45) is 0 Å². The van der Waals surface area contributed by atoms with Gasteiger partial charge in [0.2, 0.25) is 5.89 Å². The first-order valence-corrected chi connectivity index (χ1v) is 11.0. The fourth-order valence-corrected chi connectivity index (χ4v) is 4.31. The van der Waals surface area contributed by atoms with Crippen LogP contribution in [0.25, 0.3) is 22.4 Å². The molecule has 0 aliphatic rings. The molecular formula is C24H23NO4S. The van der Waals surface area contributed by atoms with Crippen molar-refractivity contribution in [3.8, 4) is 11.5 Å². The van der Waals surface area contributed by atoms with Crippen molar-refractivity contribution in [1.82, 2.24) is 4.98 Å². The summed E-state index contributed by atoms with van der Waals surface area (Å²) < 4.78 is 11.8. The molecule has 0 bridgehead atoms. The molecule has 0 aliphatic carbocycles. The minimum Gasteiger partial charge on any atom is -0.480 e. The maximum atomic E-state index is 11.4. The van der Waals surface area contributed by atoms with Gasteiger partial charge < -0.3 is 13.9 Å². The summed E-state index contributed by atoms with van der Waals surface area (Å²) in [4.78, 5) is 16.1. The van der Waals surface area contributed by atoms with Crippen LogP contribution in [-0.4, -0.2) is 27.1 Å². The van der Waals surface area contributed by atoms with Crippen molar-refractivity contribution in [2.75, 3.05) is 5.75 Å². The van der Waals surface area contributed by atoms with Crippen LogP contribution < -0.4 is 0 Å². The zero-order chi connectivity index (χ0) is 21.1. The first-order chi connectivity index (χ1) is 14.5. The van der Waals surface area contributed by atoms with Crippen LogP contribution in [0.1, 0.15) is 29.7 Å². The number of carboxylic acid groups (broad SMARTS) is 1. The highest BCUT2D eigenvalue weighted by Gasteiger charge is 2.19. The third-order valence-corrected chi connectivity index (χ3v) is 6.06. The van der Waals surface area contributed by atoms with Gasteiger partial charge in [-0.15, -0.1) is 11.8 Å². The number of carboxylic acids is 1. The minimum atomic E-state index is -0.773. The summed E-state index contributed by atoms with van der Waals surface area (Å²) in [5.41, 5.74) is 3.57. The highest BCUT2D eigenvalue weighted by molar-refractivity contribution is 8.00. The van der Waals surface area contributed by atoms with Gasteiger partial charge >= 0.3 is 5.97 Å². The Bertz CT molecular complexity index is 1160. The molecule has 0 saturated carbocycles. The average molecular weight is 422 g/mol. The first kappa shape index (κ1) is 20.3. The van der Waals surface area contributed by atoms with Crippen molar-refractivity contribution in [2.45, 2.75) is 31.9 Å². The van der Waals surface area contributed by atoms with Gasteiger partial charge in [0, 0.05) is 10.9 Å². The smallest absolute Gasteiger partial charge is 0.316 e. The van der Waals surface area contributed by atoms with E-state index in [-0.39, 0.29) is 0 Å². The molecule has 30 heavy (non-hydrogen) atoms. The number of aromatic nitrogens is 1. The lowest BCUT2D eigenvalue weighted by Gasteiger charge is -2.10. The summed E-state index contributed by atoms with van der Waals surface area (Å²) in [5, 5.41) is 9.94. The predicted molar refractivity (Wildman–Crippen MR) is 119 cm³/mol. The number of nitrogens with zero attached hydrogens (tertiary/aromatic N) is 1. The monoisotopic (exact) mass is 421 g/mol. The van der Waals surface area contributed by atoms with Gasteiger partial charge in [-0.05, 0) is 55.0 Å². The van der Waals surface area contributed by atoms with E-state index in [1.54, 1.807) is 0 Å². The molecule has 5 nitrogen and oxygen atoms in total. The highest BCUT2D eigenvalue weighted by atomic mass is 32.2. The summed E-state index contributed by atoms with van der Waals surface area (Å²) in [7, 11) is 0. The van der Waals surface area contributed by atoms with Crippen LogP contribution in [0.15, 0.2) is 63.4 Å². The Morgan fingerprint density at radius 1 is 1.13 bits per heavy atom. The van der Waals surface area contributed by atoms with Crippen LogP contribution in [0.4, 0.5) is 0 Å². The number of carbonyl (C=O) groups is 1. The minimum absolute atomic E-state index is 0.437. The van der Waals surface area contributed by atoms with Crippen molar-refractivity contribution in [3.63, 3.8) is 0 Å². The molecule has 0 amide bonds. The van der Waals surface area contributed by atoms with Crippen LogP contribution in [-0.2, 0) is 17.6 Å². The summed E-state index contributed by atoms with van der Waals surface area (Å²) in [6, 6.07) is 17.7. The van der Waals surface area contributed by atoms with E-state index >= 15 is 0 Å². The molecule has 0 radical (unpaired) electrons. The number of benzene rings is 2. The fourth-order valence-electron chi connectivity index (χ4n) is 3.46. The quantitative estimate of drug-likeness (QED) is 0.391. The molecule has 2 aromatic heterocycles. The van der Waals surface area contributed by atoms with Crippen LogP contribution in [0.2, 0.25) is 0 Å². The Balaban J connectivity index is 1.54. The second kappa shape index (κ2) is 8.79. The van der Waals surface area contributed by atoms with E-state index in [2.05, 4.69) is 4.98 Å². The molecule has 0 fully saturated rings. The lowest BCUT2D eigenvalue weighted by Crippen LogP contribution is -2.19. The zero-order valence-corrected chi connectivity index (χ0v) is 17.7. The van der Waals surface area contributed by atoms with E-state index in [0.29, 0.717) is 18.7 Å². The molecular weight excluding hydrogens is 398 g/mol. The number of rotatable bonds is 8. The van der Waals surface area contributed by atoms with Crippen LogP contribution >= 0.6 is 11.8 Å². The Morgan fingerprint density at radius 3 is 2.67 bits per heavy atom. The summed E-state index contributed by atoms with van der Waals surface area (Å²) in [6.07, 6.45) is 1.03. The number of oxazole rings is 1. The molecule has 1 atom stereocenters. The van der Waals surface area contributed by atoms with E-state index in [1.807, 2.05) is 68.4 Å². The highest BCUT2D eigenvalue weighted by Crippen LogP contribution is 2.27. The third kappa shape index (κ3) is 4.44. The van der Waals surface area contributed by atoms with Crippen molar-refractivity contribution >= 4 is 28.7 Å². The molecule has 0 spiro atoms. The lowest BCUT2D eigenvalue weighted by molar-refractivity contribution is -0.136. The van der Waals surface area contributed by atoms with E-state index in [4.69, 9.17) is 8.83 Å². The SMILES string of the molecule is CCSC(Cc1ccc2oc(Cc3nc(-c4ccccc4)oc3C)cc2c1)C(=O)O. The molecule has 1 unspecified atom stereocenters. The fraction of sp³-hybridized carbons (Fsp3) is 0.250. The van der Waals surface area contributed by atoms with Crippen molar-refractivity contribution < 1.29 is 18.7 Å². The topological polar surface area (TPSA) is 76.5 Å². The Kier molecular flexibility index (Phi) is 5.95. The van der Waals surface area contributed by atoms with Gasteiger partial charge in [0.1, 0.15) is 22.4 Å². The Hall–Kier alpha value is -2.99. The second-order valence-corrected chi connectivity index (χ2v) is 8.62. The number of aryl methyl sites for hydroxylation is 1. The molecule has 2 heterocycles. The van der Waals surface area contributed by atoms with Gasteiger partial charge in [0.15, 0.2) is 0 Å². The molecule has 154 valence electrons. The van der Waals surface area contributed by atoms with Gasteiger partial charge in [0.25, 0.3) is 0 Å². The van der Waals surface area contributed by atoms with Crippen molar-refractivity contribution in [1.29, 1.82) is 0 Å². The van der Waals surface area contributed by atoms with Gasteiger partial charge in [-0.25, -0.2) is 4.98 Å². The molecule has 4 aromatic rings. The van der Waals surface area contributed by atoms with Gasteiger partial charge in [-0.2, -0.15) is 0 Å². The lowest BCUT2D eigenvalue weighted by atomic mass is 10.1.